The quantitative estimate of drug-likeness (QED) is 0.593. The number of nitrogens with zero attached hydrogens (tertiary/aromatic N) is 2. The molecule has 0 unspecified atom stereocenters. The third-order valence-electron chi connectivity index (χ3n) is 3.23. The minimum absolute atomic E-state index is 0.382. The summed E-state index contributed by atoms with van der Waals surface area (Å²) in [5.41, 5.74) is 3.00. The molecule has 2 aromatic rings. The lowest BCUT2D eigenvalue weighted by Crippen LogP contribution is -1.87. The topological polar surface area (TPSA) is 25.8 Å². The highest BCUT2D eigenvalue weighted by molar-refractivity contribution is 6.29. The Balaban J connectivity index is 1.92. The van der Waals surface area contributed by atoms with Gasteiger partial charge in [0.05, 0.1) is 12.4 Å². The standard InChI is InChI=1S/C18H19ClN2/c1-2-3-4-5-6-15-7-9-16(10-8-15)11-12-17-13-21-18(19)14-20-17/h7-10,13-14H,2-6H2,1H3. The minimum Gasteiger partial charge on any atom is -0.243 e. The summed E-state index contributed by atoms with van der Waals surface area (Å²) in [6.07, 6.45) is 9.42. The average Bonchev–Trinajstić information content (AvgIpc) is 2.52. The molecule has 3 heteroatoms. The highest BCUT2D eigenvalue weighted by Crippen LogP contribution is 2.09. The first kappa shape index (κ1) is 15.5. The van der Waals surface area contributed by atoms with E-state index in [9.17, 15) is 0 Å². The van der Waals surface area contributed by atoms with Crippen molar-refractivity contribution in [3.63, 3.8) is 0 Å². The van der Waals surface area contributed by atoms with Gasteiger partial charge in [-0.3, -0.25) is 0 Å². The van der Waals surface area contributed by atoms with E-state index >= 15 is 0 Å². The Morgan fingerprint density at radius 1 is 0.952 bits per heavy atom. The van der Waals surface area contributed by atoms with E-state index in [2.05, 4.69) is 53.0 Å². The maximum absolute atomic E-state index is 5.69. The van der Waals surface area contributed by atoms with Crippen LogP contribution in [0.15, 0.2) is 36.7 Å². The fraction of sp³-hybridized carbons (Fsp3) is 0.333. The zero-order valence-electron chi connectivity index (χ0n) is 12.3. The molecule has 1 aromatic heterocycles. The van der Waals surface area contributed by atoms with Crippen molar-refractivity contribution in [2.24, 2.45) is 0 Å². The third-order valence-corrected chi connectivity index (χ3v) is 3.42. The summed E-state index contributed by atoms with van der Waals surface area (Å²) in [5, 5.41) is 0.382. The monoisotopic (exact) mass is 298 g/mol. The Morgan fingerprint density at radius 3 is 2.43 bits per heavy atom. The Morgan fingerprint density at radius 2 is 1.76 bits per heavy atom. The molecule has 0 aliphatic heterocycles. The summed E-state index contributed by atoms with van der Waals surface area (Å²) in [7, 11) is 0. The summed E-state index contributed by atoms with van der Waals surface area (Å²) in [6.45, 7) is 2.23. The van der Waals surface area contributed by atoms with Crippen molar-refractivity contribution in [2.45, 2.75) is 39.0 Å². The number of halogens is 1. The first-order chi connectivity index (χ1) is 10.3. The van der Waals surface area contributed by atoms with Crippen LogP contribution in [0.3, 0.4) is 0 Å². The molecule has 0 saturated carbocycles. The normalized spacial score (nSPS) is 10.0. The molecule has 2 nitrogen and oxygen atoms in total. The number of benzene rings is 1. The Labute approximate surface area is 131 Å². The van der Waals surface area contributed by atoms with E-state index in [0.29, 0.717) is 10.8 Å². The van der Waals surface area contributed by atoms with Crippen LogP contribution in [-0.4, -0.2) is 9.97 Å². The summed E-state index contributed by atoms with van der Waals surface area (Å²) >= 11 is 5.69. The van der Waals surface area contributed by atoms with Crippen molar-refractivity contribution < 1.29 is 0 Å². The first-order valence-corrected chi connectivity index (χ1v) is 7.74. The maximum Gasteiger partial charge on any atom is 0.147 e. The van der Waals surface area contributed by atoms with Crippen LogP contribution in [0.5, 0.6) is 0 Å². The van der Waals surface area contributed by atoms with Gasteiger partial charge in [-0.25, -0.2) is 9.97 Å². The van der Waals surface area contributed by atoms with Crippen LogP contribution < -0.4 is 0 Å². The van der Waals surface area contributed by atoms with Crippen molar-refractivity contribution in [3.05, 3.63) is 58.6 Å². The number of hydrogen-bond donors (Lipinski definition) is 0. The van der Waals surface area contributed by atoms with Crippen molar-refractivity contribution in [3.8, 4) is 11.8 Å². The van der Waals surface area contributed by atoms with E-state index in [-0.39, 0.29) is 0 Å². The van der Waals surface area contributed by atoms with Crippen molar-refractivity contribution >= 4 is 11.6 Å². The third kappa shape index (κ3) is 5.57. The van der Waals surface area contributed by atoms with Crippen molar-refractivity contribution in [1.82, 2.24) is 9.97 Å². The summed E-state index contributed by atoms with van der Waals surface area (Å²) in [5.74, 6) is 6.07. The van der Waals surface area contributed by atoms with Gasteiger partial charge in [0.15, 0.2) is 0 Å². The molecule has 0 aliphatic carbocycles. The largest absolute Gasteiger partial charge is 0.243 e. The second kappa shape index (κ2) is 8.44. The summed E-state index contributed by atoms with van der Waals surface area (Å²) in [4.78, 5) is 8.06. The molecule has 0 saturated heterocycles. The van der Waals surface area contributed by atoms with Gasteiger partial charge in [-0.05, 0) is 36.5 Å². The zero-order chi connectivity index (χ0) is 14.9. The van der Waals surface area contributed by atoms with E-state index < -0.39 is 0 Å². The highest BCUT2D eigenvalue weighted by Gasteiger charge is 1.94. The second-order valence-corrected chi connectivity index (χ2v) is 5.37. The molecule has 0 radical (unpaired) electrons. The van der Waals surface area contributed by atoms with E-state index in [0.717, 1.165) is 12.0 Å². The van der Waals surface area contributed by atoms with E-state index in [1.165, 1.54) is 37.4 Å². The van der Waals surface area contributed by atoms with Gasteiger partial charge in [0.25, 0.3) is 0 Å². The minimum atomic E-state index is 0.382. The average molecular weight is 299 g/mol. The fourth-order valence-corrected chi connectivity index (χ4v) is 2.12. The molecule has 21 heavy (non-hydrogen) atoms. The molecule has 0 aliphatic rings. The Hall–Kier alpha value is -1.85. The highest BCUT2D eigenvalue weighted by atomic mass is 35.5. The van der Waals surface area contributed by atoms with Crippen LogP contribution in [0.1, 0.15) is 49.4 Å². The lowest BCUT2D eigenvalue weighted by atomic mass is 10.0. The smallest absolute Gasteiger partial charge is 0.147 e. The molecule has 0 amide bonds. The van der Waals surface area contributed by atoms with Gasteiger partial charge in [0, 0.05) is 5.56 Å². The van der Waals surface area contributed by atoms with Gasteiger partial charge in [-0.2, -0.15) is 0 Å². The zero-order valence-corrected chi connectivity index (χ0v) is 13.0. The second-order valence-electron chi connectivity index (χ2n) is 4.98. The Kier molecular flexibility index (Phi) is 6.24. The van der Waals surface area contributed by atoms with E-state index in [1.807, 2.05) is 0 Å². The van der Waals surface area contributed by atoms with Gasteiger partial charge in [-0.15, -0.1) is 0 Å². The molecule has 0 N–H and O–H groups in total. The van der Waals surface area contributed by atoms with E-state index in [4.69, 9.17) is 11.6 Å². The molecule has 2 rings (SSSR count). The van der Waals surface area contributed by atoms with Gasteiger partial charge >= 0.3 is 0 Å². The number of aryl methyl sites for hydroxylation is 1. The van der Waals surface area contributed by atoms with Crippen LogP contribution in [-0.2, 0) is 6.42 Å². The number of aromatic nitrogens is 2. The lowest BCUT2D eigenvalue weighted by molar-refractivity contribution is 0.667. The van der Waals surface area contributed by atoms with Crippen molar-refractivity contribution in [1.29, 1.82) is 0 Å². The van der Waals surface area contributed by atoms with Gasteiger partial charge < -0.3 is 0 Å². The number of rotatable bonds is 5. The fourth-order valence-electron chi connectivity index (χ4n) is 2.02. The summed E-state index contributed by atoms with van der Waals surface area (Å²) < 4.78 is 0. The lowest BCUT2D eigenvalue weighted by Gasteiger charge is -2.01. The molecule has 0 spiro atoms. The number of hydrogen-bond acceptors (Lipinski definition) is 2. The molecule has 108 valence electrons. The van der Waals surface area contributed by atoms with Crippen LogP contribution >= 0.6 is 11.6 Å². The molecule has 1 aromatic carbocycles. The molecule has 0 fully saturated rings. The van der Waals surface area contributed by atoms with Crippen LogP contribution in [0.4, 0.5) is 0 Å². The predicted molar refractivity (Wildman–Crippen MR) is 87.3 cm³/mol. The van der Waals surface area contributed by atoms with E-state index in [1.54, 1.807) is 6.20 Å². The van der Waals surface area contributed by atoms with Gasteiger partial charge in [0.1, 0.15) is 10.8 Å². The van der Waals surface area contributed by atoms with Gasteiger partial charge in [0.2, 0.25) is 0 Å². The molecule has 1 heterocycles. The molecule has 0 bridgehead atoms. The maximum atomic E-state index is 5.69. The SMILES string of the molecule is CCCCCCc1ccc(C#Cc2cnc(Cl)cn2)cc1. The Bertz CT molecular complexity index is 606. The molecular weight excluding hydrogens is 280 g/mol. The van der Waals surface area contributed by atoms with Crippen LogP contribution in [0, 0.1) is 11.8 Å². The van der Waals surface area contributed by atoms with Crippen molar-refractivity contribution in [2.75, 3.05) is 0 Å². The van der Waals surface area contributed by atoms with Crippen LogP contribution in [0.25, 0.3) is 0 Å². The van der Waals surface area contributed by atoms with Crippen LogP contribution in [0.2, 0.25) is 5.15 Å². The molecule has 0 atom stereocenters. The molecular formula is C18H19ClN2. The van der Waals surface area contributed by atoms with Gasteiger partial charge in [-0.1, -0.05) is 55.8 Å². The number of unbranched alkanes of at least 4 members (excludes halogenated alkanes) is 3. The summed E-state index contributed by atoms with van der Waals surface area (Å²) in [6, 6.07) is 8.43. The predicted octanol–water partition coefficient (Wildman–Crippen LogP) is 4.65. The first-order valence-electron chi connectivity index (χ1n) is 7.36.